The summed E-state index contributed by atoms with van der Waals surface area (Å²) in [7, 11) is 0. The molecule has 6 heteroatoms. The fourth-order valence-corrected chi connectivity index (χ4v) is 6.05. The van der Waals surface area contributed by atoms with Crippen LogP contribution in [0.4, 0.5) is 0 Å². The van der Waals surface area contributed by atoms with E-state index in [0.717, 1.165) is 45.6 Å². The summed E-state index contributed by atoms with van der Waals surface area (Å²) in [4.78, 5) is 31.0. The summed E-state index contributed by atoms with van der Waals surface area (Å²) in [6.45, 7) is 4.37. The lowest BCUT2D eigenvalue weighted by Crippen LogP contribution is -2.49. The first-order valence-electron chi connectivity index (χ1n) is 12.6. The second-order valence-electron chi connectivity index (χ2n) is 9.80. The van der Waals surface area contributed by atoms with Crippen LogP contribution in [0.1, 0.15) is 36.1 Å². The number of thiophene rings is 1. The van der Waals surface area contributed by atoms with Crippen molar-refractivity contribution in [1.29, 1.82) is 0 Å². The molecule has 0 bridgehead atoms. The van der Waals surface area contributed by atoms with Gasteiger partial charge in [-0.05, 0) is 47.4 Å². The molecule has 5 rings (SSSR count). The second kappa shape index (κ2) is 10.8. The maximum Gasteiger partial charge on any atom is 0.222 e. The molecule has 0 aliphatic carbocycles. The van der Waals surface area contributed by atoms with Crippen LogP contribution in [-0.2, 0) is 22.6 Å². The van der Waals surface area contributed by atoms with E-state index in [1.807, 2.05) is 23.1 Å². The number of hydrogen-bond acceptors (Lipinski definition) is 4. The lowest BCUT2D eigenvalue weighted by Gasteiger charge is -2.35. The van der Waals surface area contributed by atoms with Gasteiger partial charge in [0, 0.05) is 56.0 Å². The number of nitrogens with one attached hydrogen (secondary N) is 1. The molecule has 1 atom stereocenters. The summed E-state index contributed by atoms with van der Waals surface area (Å²) in [6, 6.07) is 23.2. The van der Waals surface area contributed by atoms with Crippen LogP contribution in [0, 0.1) is 0 Å². The Morgan fingerprint density at radius 2 is 1.66 bits per heavy atom. The highest BCUT2D eigenvalue weighted by molar-refractivity contribution is 7.09. The van der Waals surface area contributed by atoms with Gasteiger partial charge in [-0.2, -0.15) is 0 Å². The van der Waals surface area contributed by atoms with Gasteiger partial charge >= 0.3 is 0 Å². The highest BCUT2D eigenvalue weighted by atomic mass is 32.1. The Hall–Kier alpha value is -2.96. The Labute approximate surface area is 211 Å². The Kier molecular flexibility index (Phi) is 7.30. The average Bonchev–Trinajstić information content (AvgIpc) is 3.54. The Bertz CT molecular complexity index is 1120. The molecule has 0 saturated carbocycles. The second-order valence-corrected chi connectivity index (χ2v) is 10.8. The summed E-state index contributed by atoms with van der Waals surface area (Å²) < 4.78 is 0. The number of carbonyl (C=O) groups is 2. The molecule has 1 N–H and O–H groups in total. The normalized spacial score (nSPS) is 20.7. The summed E-state index contributed by atoms with van der Waals surface area (Å²) in [5.74, 6) is 0.307. The van der Waals surface area contributed by atoms with Crippen molar-refractivity contribution in [2.24, 2.45) is 0 Å². The van der Waals surface area contributed by atoms with Gasteiger partial charge in [0.15, 0.2) is 0 Å². The van der Waals surface area contributed by atoms with Crippen LogP contribution < -0.4 is 5.32 Å². The first-order chi connectivity index (χ1) is 17.1. The molecule has 2 fully saturated rings. The van der Waals surface area contributed by atoms with Crippen LogP contribution >= 0.6 is 11.3 Å². The molecule has 182 valence electrons. The van der Waals surface area contributed by atoms with E-state index in [2.05, 4.69) is 64.1 Å². The number of nitrogens with zero attached hydrogens (tertiary/aromatic N) is 2. The summed E-state index contributed by atoms with van der Waals surface area (Å²) >= 11 is 1.79. The molecule has 2 aromatic carbocycles. The molecule has 3 aromatic rings. The van der Waals surface area contributed by atoms with E-state index in [1.54, 1.807) is 11.3 Å². The van der Waals surface area contributed by atoms with Gasteiger partial charge in [-0.25, -0.2) is 0 Å². The molecule has 2 saturated heterocycles. The average molecular weight is 488 g/mol. The first-order valence-corrected chi connectivity index (χ1v) is 13.4. The van der Waals surface area contributed by atoms with Crippen molar-refractivity contribution in [2.45, 2.75) is 44.2 Å². The number of benzene rings is 2. The molecule has 3 heterocycles. The maximum atomic E-state index is 13.1. The van der Waals surface area contributed by atoms with E-state index >= 15 is 0 Å². The van der Waals surface area contributed by atoms with Gasteiger partial charge in [0.2, 0.25) is 11.8 Å². The predicted molar refractivity (Wildman–Crippen MR) is 141 cm³/mol. The van der Waals surface area contributed by atoms with Crippen LogP contribution in [0.15, 0.2) is 72.1 Å². The van der Waals surface area contributed by atoms with Crippen molar-refractivity contribution in [3.8, 4) is 11.1 Å². The Balaban J connectivity index is 1.16. The van der Waals surface area contributed by atoms with E-state index in [-0.39, 0.29) is 17.4 Å². The lowest BCUT2D eigenvalue weighted by molar-refractivity contribution is -0.133. The number of carbonyl (C=O) groups excluding carboxylic acids is 2. The zero-order valence-electron chi connectivity index (χ0n) is 20.1. The van der Waals surface area contributed by atoms with E-state index < -0.39 is 0 Å². The van der Waals surface area contributed by atoms with Gasteiger partial charge in [0.05, 0.1) is 0 Å². The van der Waals surface area contributed by atoms with Crippen LogP contribution in [0.2, 0.25) is 0 Å². The minimum absolute atomic E-state index is 0.0977. The van der Waals surface area contributed by atoms with Gasteiger partial charge in [0.1, 0.15) is 0 Å². The maximum absolute atomic E-state index is 13.1. The molecular weight excluding hydrogens is 454 g/mol. The Morgan fingerprint density at radius 1 is 0.914 bits per heavy atom. The van der Waals surface area contributed by atoms with Gasteiger partial charge in [0.25, 0.3) is 0 Å². The smallest absolute Gasteiger partial charge is 0.222 e. The van der Waals surface area contributed by atoms with Gasteiger partial charge < -0.3 is 10.2 Å². The van der Waals surface area contributed by atoms with E-state index in [0.29, 0.717) is 19.3 Å². The number of piperazine rings is 1. The van der Waals surface area contributed by atoms with E-state index in [4.69, 9.17) is 0 Å². The molecule has 1 unspecified atom stereocenters. The Morgan fingerprint density at radius 3 is 2.31 bits per heavy atom. The predicted octanol–water partition coefficient (Wildman–Crippen LogP) is 4.73. The molecule has 35 heavy (non-hydrogen) atoms. The lowest BCUT2D eigenvalue weighted by atomic mass is 9.84. The third-order valence-electron chi connectivity index (χ3n) is 7.34. The standard InChI is InChI=1S/C29H33N3O2S/c33-27-12-14-29(30-27,21-23-8-10-25(11-9-23)24-5-2-1-3-6-24)15-13-28(34)32-18-16-31(17-19-32)22-26-7-4-20-35-26/h1-11,20H,12-19,21-22H2,(H,30,33). The van der Waals surface area contributed by atoms with Gasteiger partial charge in [-0.1, -0.05) is 60.7 Å². The number of rotatable bonds is 8. The van der Waals surface area contributed by atoms with E-state index in [9.17, 15) is 9.59 Å². The fourth-order valence-electron chi connectivity index (χ4n) is 5.30. The van der Waals surface area contributed by atoms with Crippen LogP contribution in [0.25, 0.3) is 11.1 Å². The van der Waals surface area contributed by atoms with Crippen molar-refractivity contribution >= 4 is 23.2 Å². The highest BCUT2D eigenvalue weighted by Crippen LogP contribution is 2.31. The SMILES string of the molecule is O=C1CCC(CCC(=O)N2CCN(Cc3cccs3)CC2)(Cc2ccc(-c3ccccc3)cc2)N1. The van der Waals surface area contributed by atoms with Gasteiger partial charge in [-0.3, -0.25) is 14.5 Å². The summed E-state index contributed by atoms with van der Waals surface area (Å²) in [6.07, 6.45) is 3.25. The molecule has 1 aromatic heterocycles. The minimum Gasteiger partial charge on any atom is -0.350 e. The summed E-state index contributed by atoms with van der Waals surface area (Å²) in [5.41, 5.74) is 3.25. The molecule has 5 nitrogen and oxygen atoms in total. The number of amides is 2. The minimum atomic E-state index is -0.331. The monoisotopic (exact) mass is 487 g/mol. The molecule has 2 aliphatic rings. The quantitative estimate of drug-likeness (QED) is 0.500. The zero-order chi connectivity index (χ0) is 24.1. The van der Waals surface area contributed by atoms with Crippen LogP contribution in [0.3, 0.4) is 0 Å². The highest BCUT2D eigenvalue weighted by Gasteiger charge is 2.38. The van der Waals surface area contributed by atoms with Crippen molar-refractivity contribution in [3.05, 3.63) is 82.6 Å². The first kappa shape index (κ1) is 23.8. The molecular formula is C29H33N3O2S. The molecule has 2 aliphatic heterocycles. The summed E-state index contributed by atoms with van der Waals surface area (Å²) in [5, 5.41) is 5.35. The van der Waals surface area contributed by atoms with Crippen molar-refractivity contribution in [1.82, 2.24) is 15.1 Å². The van der Waals surface area contributed by atoms with Gasteiger partial charge in [-0.15, -0.1) is 11.3 Å². The number of hydrogen-bond donors (Lipinski definition) is 1. The third kappa shape index (κ3) is 6.00. The van der Waals surface area contributed by atoms with E-state index in [1.165, 1.54) is 21.6 Å². The van der Waals surface area contributed by atoms with Crippen LogP contribution in [-0.4, -0.2) is 53.3 Å². The largest absolute Gasteiger partial charge is 0.350 e. The van der Waals surface area contributed by atoms with Crippen molar-refractivity contribution < 1.29 is 9.59 Å². The molecule has 0 radical (unpaired) electrons. The fraction of sp³-hybridized carbons (Fsp3) is 0.379. The molecule has 0 spiro atoms. The van der Waals surface area contributed by atoms with Crippen molar-refractivity contribution in [3.63, 3.8) is 0 Å². The third-order valence-corrected chi connectivity index (χ3v) is 8.20. The molecule has 2 amide bonds. The van der Waals surface area contributed by atoms with Crippen LogP contribution in [0.5, 0.6) is 0 Å². The topological polar surface area (TPSA) is 52.7 Å². The van der Waals surface area contributed by atoms with Crippen molar-refractivity contribution in [2.75, 3.05) is 26.2 Å². The zero-order valence-corrected chi connectivity index (χ0v) is 20.9.